The number of aromatic nitrogens is 1. The SMILES string of the molecule is CCOC(=O)Cc1csc(NN=Cc2ccc(OC)c(OCCCCl)c2)n1. The Morgan fingerprint density at radius 1 is 1.41 bits per heavy atom. The van der Waals surface area contributed by atoms with Crippen LogP contribution in [0.4, 0.5) is 5.13 Å². The molecule has 1 N–H and O–H groups in total. The Bertz CT molecular complexity index is 767. The largest absolute Gasteiger partial charge is 0.493 e. The molecule has 2 aromatic rings. The average Bonchev–Trinajstić information content (AvgIpc) is 3.09. The fourth-order valence-corrected chi connectivity index (χ4v) is 2.85. The standard InChI is InChI=1S/C18H22ClN3O4S/c1-3-25-17(23)10-14-12-27-18(21-14)22-20-11-13-5-6-15(24-2)16(9-13)26-8-4-7-19/h5-6,9,11-12H,3-4,7-8,10H2,1-2H3,(H,21,22). The van der Waals surface area contributed by atoms with Gasteiger partial charge in [-0.05, 0) is 37.1 Å². The van der Waals surface area contributed by atoms with E-state index in [9.17, 15) is 4.79 Å². The smallest absolute Gasteiger partial charge is 0.311 e. The van der Waals surface area contributed by atoms with E-state index < -0.39 is 0 Å². The topological polar surface area (TPSA) is 82.0 Å². The Morgan fingerprint density at radius 3 is 3.00 bits per heavy atom. The van der Waals surface area contributed by atoms with Crippen molar-refractivity contribution in [1.82, 2.24) is 4.98 Å². The first-order valence-corrected chi connectivity index (χ1v) is 9.83. The maximum absolute atomic E-state index is 11.5. The van der Waals surface area contributed by atoms with Gasteiger partial charge in [-0.3, -0.25) is 10.2 Å². The van der Waals surface area contributed by atoms with Crippen molar-refractivity contribution < 1.29 is 19.0 Å². The van der Waals surface area contributed by atoms with Crippen LogP contribution in [0.15, 0.2) is 28.7 Å². The van der Waals surface area contributed by atoms with Crippen molar-refractivity contribution in [3.8, 4) is 11.5 Å². The number of halogens is 1. The van der Waals surface area contributed by atoms with Gasteiger partial charge < -0.3 is 14.2 Å². The summed E-state index contributed by atoms with van der Waals surface area (Å²) in [5.74, 6) is 1.54. The summed E-state index contributed by atoms with van der Waals surface area (Å²) < 4.78 is 15.9. The van der Waals surface area contributed by atoms with Crippen molar-refractivity contribution in [2.45, 2.75) is 19.8 Å². The number of ether oxygens (including phenoxy) is 3. The Hall–Kier alpha value is -2.32. The molecule has 9 heteroatoms. The molecule has 0 aliphatic heterocycles. The molecule has 0 atom stereocenters. The summed E-state index contributed by atoms with van der Waals surface area (Å²) in [6, 6.07) is 5.52. The van der Waals surface area contributed by atoms with Crippen LogP contribution in [-0.4, -0.2) is 43.4 Å². The van der Waals surface area contributed by atoms with Gasteiger partial charge in [-0.1, -0.05) is 0 Å². The van der Waals surface area contributed by atoms with Crippen LogP contribution in [0, 0.1) is 0 Å². The van der Waals surface area contributed by atoms with Gasteiger partial charge in [-0.15, -0.1) is 22.9 Å². The molecule has 0 fully saturated rings. The second kappa shape index (κ2) is 11.4. The van der Waals surface area contributed by atoms with Crippen LogP contribution in [0.25, 0.3) is 0 Å². The summed E-state index contributed by atoms with van der Waals surface area (Å²) in [5, 5.41) is 6.56. The molecule has 0 amide bonds. The molecule has 0 saturated heterocycles. The second-order valence-corrected chi connectivity index (χ2v) is 6.53. The van der Waals surface area contributed by atoms with Gasteiger partial charge in [-0.25, -0.2) is 4.98 Å². The summed E-state index contributed by atoms with van der Waals surface area (Å²) >= 11 is 7.04. The second-order valence-electron chi connectivity index (χ2n) is 5.30. The highest BCUT2D eigenvalue weighted by atomic mass is 35.5. The average molecular weight is 412 g/mol. The Kier molecular flexibility index (Phi) is 8.86. The predicted octanol–water partition coefficient (Wildman–Crippen LogP) is 3.71. The number of nitrogens with one attached hydrogen (secondary N) is 1. The molecule has 0 bridgehead atoms. The van der Waals surface area contributed by atoms with E-state index in [0.717, 1.165) is 12.0 Å². The quantitative estimate of drug-likeness (QED) is 0.199. The number of hydrazone groups is 1. The number of thiazole rings is 1. The number of nitrogens with zero attached hydrogens (tertiary/aromatic N) is 2. The molecule has 0 unspecified atom stereocenters. The number of hydrogen-bond donors (Lipinski definition) is 1. The van der Waals surface area contributed by atoms with Gasteiger partial charge in [0.25, 0.3) is 0 Å². The number of esters is 1. The highest BCUT2D eigenvalue weighted by molar-refractivity contribution is 7.13. The third-order valence-electron chi connectivity index (χ3n) is 3.28. The van der Waals surface area contributed by atoms with Crippen LogP contribution >= 0.6 is 22.9 Å². The summed E-state index contributed by atoms with van der Waals surface area (Å²) in [6.45, 7) is 2.65. The van der Waals surface area contributed by atoms with Gasteiger partial charge in [-0.2, -0.15) is 5.10 Å². The molecule has 1 aromatic carbocycles. The van der Waals surface area contributed by atoms with Gasteiger partial charge in [0.05, 0.1) is 38.7 Å². The zero-order valence-electron chi connectivity index (χ0n) is 15.2. The molecule has 1 aromatic heterocycles. The Morgan fingerprint density at radius 2 is 2.26 bits per heavy atom. The van der Waals surface area contributed by atoms with Crippen molar-refractivity contribution in [3.63, 3.8) is 0 Å². The molecule has 0 aliphatic carbocycles. The van der Waals surface area contributed by atoms with Crippen molar-refractivity contribution in [3.05, 3.63) is 34.8 Å². The molecular weight excluding hydrogens is 390 g/mol. The monoisotopic (exact) mass is 411 g/mol. The van der Waals surface area contributed by atoms with Gasteiger partial charge in [0.1, 0.15) is 0 Å². The normalized spacial score (nSPS) is 10.8. The maximum atomic E-state index is 11.5. The number of alkyl halides is 1. The van der Waals surface area contributed by atoms with Crippen LogP contribution in [0.3, 0.4) is 0 Å². The molecule has 146 valence electrons. The van der Waals surface area contributed by atoms with Crippen LogP contribution < -0.4 is 14.9 Å². The molecule has 2 rings (SSSR count). The zero-order valence-corrected chi connectivity index (χ0v) is 16.8. The highest BCUT2D eigenvalue weighted by Crippen LogP contribution is 2.27. The first-order chi connectivity index (χ1) is 13.2. The lowest BCUT2D eigenvalue weighted by atomic mass is 10.2. The number of hydrogen-bond acceptors (Lipinski definition) is 8. The van der Waals surface area contributed by atoms with Crippen LogP contribution in [0.1, 0.15) is 24.6 Å². The Balaban J connectivity index is 1.94. The van der Waals surface area contributed by atoms with E-state index in [0.29, 0.717) is 41.4 Å². The minimum absolute atomic E-state index is 0.150. The summed E-state index contributed by atoms with van der Waals surface area (Å²) in [5.41, 5.74) is 4.34. The molecular formula is C18H22ClN3O4S. The molecule has 0 aliphatic rings. The van der Waals surface area contributed by atoms with Crippen molar-refractivity contribution in [2.75, 3.05) is 31.6 Å². The molecule has 7 nitrogen and oxygen atoms in total. The predicted molar refractivity (Wildman–Crippen MR) is 107 cm³/mol. The minimum atomic E-state index is -0.294. The van der Waals surface area contributed by atoms with E-state index in [1.807, 2.05) is 18.2 Å². The van der Waals surface area contributed by atoms with Crippen LogP contribution in [0.5, 0.6) is 11.5 Å². The number of rotatable bonds is 11. The third kappa shape index (κ3) is 7.07. The molecule has 0 spiro atoms. The molecule has 0 saturated carbocycles. The van der Waals surface area contributed by atoms with E-state index >= 15 is 0 Å². The minimum Gasteiger partial charge on any atom is -0.493 e. The number of benzene rings is 1. The third-order valence-corrected chi connectivity index (χ3v) is 4.34. The van der Waals surface area contributed by atoms with E-state index in [1.165, 1.54) is 11.3 Å². The Labute approximate surface area is 167 Å². The number of carbonyl (C=O) groups is 1. The van der Waals surface area contributed by atoms with Crippen molar-refractivity contribution in [2.24, 2.45) is 5.10 Å². The van der Waals surface area contributed by atoms with Gasteiger partial charge in [0, 0.05) is 11.3 Å². The number of anilines is 1. The first kappa shape index (κ1) is 21.0. The number of carbonyl (C=O) groups excluding carboxylic acids is 1. The molecule has 1 heterocycles. The fraction of sp³-hybridized carbons (Fsp3) is 0.389. The maximum Gasteiger partial charge on any atom is 0.311 e. The summed E-state index contributed by atoms with van der Waals surface area (Å²) in [7, 11) is 1.59. The van der Waals surface area contributed by atoms with Gasteiger partial charge in [0.15, 0.2) is 11.5 Å². The molecule has 27 heavy (non-hydrogen) atoms. The first-order valence-electron chi connectivity index (χ1n) is 8.42. The van der Waals surface area contributed by atoms with Crippen LogP contribution in [-0.2, 0) is 16.0 Å². The fourth-order valence-electron chi connectivity index (χ4n) is 2.08. The van der Waals surface area contributed by atoms with Gasteiger partial charge >= 0.3 is 5.97 Å². The molecule has 0 radical (unpaired) electrons. The van der Waals surface area contributed by atoms with E-state index in [4.69, 9.17) is 25.8 Å². The van der Waals surface area contributed by atoms with Crippen molar-refractivity contribution in [1.29, 1.82) is 0 Å². The summed E-state index contributed by atoms with van der Waals surface area (Å²) in [6.07, 6.45) is 2.56. The van der Waals surface area contributed by atoms with Gasteiger partial charge in [0.2, 0.25) is 5.13 Å². The lowest BCUT2D eigenvalue weighted by Crippen LogP contribution is -2.07. The van der Waals surface area contributed by atoms with Crippen LogP contribution in [0.2, 0.25) is 0 Å². The lowest BCUT2D eigenvalue weighted by molar-refractivity contribution is -0.142. The van der Waals surface area contributed by atoms with E-state index in [2.05, 4.69) is 15.5 Å². The van der Waals surface area contributed by atoms with Crippen molar-refractivity contribution >= 4 is 40.3 Å². The zero-order chi connectivity index (χ0) is 19.5. The highest BCUT2D eigenvalue weighted by Gasteiger charge is 2.08. The number of methoxy groups -OCH3 is 1. The van der Waals surface area contributed by atoms with E-state index in [-0.39, 0.29) is 12.4 Å². The lowest BCUT2D eigenvalue weighted by Gasteiger charge is -2.10. The summed E-state index contributed by atoms with van der Waals surface area (Å²) in [4.78, 5) is 15.8. The van der Waals surface area contributed by atoms with E-state index in [1.54, 1.807) is 25.6 Å².